The van der Waals surface area contributed by atoms with Gasteiger partial charge in [-0.3, -0.25) is 4.79 Å². The molecule has 0 bridgehead atoms. The summed E-state index contributed by atoms with van der Waals surface area (Å²) in [6.07, 6.45) is -5.59. The van der Waals surface area contributed by atoms with Crippen molar-refractivity contribution in [2.45, 2.75) is 68.9 Å². The smallest absolute Gasteiger partial charge is 0.330 e. The highest BCUT2D eigenvalue weighted by atomic mass is 16.7. The first-order valence-electron chi connectivity index (χ1n) is 15.8. The number of ether oxygens (including phenoxy) is 5. The Labute approximate surface area is 288 Å². The Morgan fingerprint density at radius 1 is 0.780 bits per heavy atom. The minimum atomic E-state index is -1.74. The lowest BCUT2D eigenvalue weighted by molar-refractivity contribution is -0.311. The second-order valence-corrected chi connectivity index (χ2v) is 11.8. The summed E-state index contributed by atoms with van der Waals surface area (Å²) in [6, 6.07) is 13.5. The summed E-state index contributed by atoms with van der Waals surface area (Å²) < 4.78 is 27.5. The molecule has 270 valence electrons. The summed E-state index contributed by atoms with van der Waals surface area (Å²) >= 11 is 0. The number of esters is 1. The molecule has 50 heavy (non-hydrogen) atoms. The van der Waals surface area contributed by atoms with Crippen LogP contribution in [0.1, 0.15) is 36.0 Å². The van der Waals surface area contributed by atoms with Crippen molar-refractivity contribution in [3.05, 3.63) is 77.4 Å². The molecule has 4 rings (SSSR count). The molecule has 3 aromatic carbocycles. The Morgan fingerprint density at radius 3 is 2.04 bits per heavy atom. The normalized spacial score (nSPS) is 21.1. The molecule has 0 saturated carbocycles. The molecular formula is C36H42O14. The molecule has 6 atom stereocenters. The number of carbonyl (C=O) groups excluding carboxylic acids is 2. The summed E-state index contributed by atoms with van der Waals surface area (Å²) in [6.45, 7) is -0.504. The first-order valence-corrected chi connectivity index (χ1v) is 15.8. The lowest BCUT2D eigenvalue weighted by atomic mass is 9.97. The minimum absolute atomic E-state index is 0.0505. The van der Waals surface area contributed by atoms with E-state index < -0.39 is 49.4 Å². The molecule has 14 nitrogen and oxygen atoms in total. The zero-order valence-electron chi connectivity index (χ0n) is 27.5. The van der Waals surface area contributed by atoms with Gasteiger partial charge in [0.1, 0.15) is 36.8 Å². The largest absolute Gasteiger partial charge is 0.504 e. The summed E-state index contributed by atoms with van der Waals surface area (Å²) in [7, 11) is 2.97. The SMILES string of the molecule is COc1ccc(/C=C/C(=O)OC[C@H]2O[C@@H](O[C@@H](CCc3ccc(O)c(O)c3)CC(=O)CCc3ccc(O)c(O)c3)[C@H](O)[C@@H](O)[C@@H]2O)cc1OC. The summed E-state index contributed by atoms with van der Waals surface area (Å²) in [4.78, 5) is 25.6. The van der Waals surface area contributed by atoms with Crippen LogP contribution in [0.5, 0.6) is 34.5 Å². The van der Waals surface area contributed by atoms with E-state index in [0.717, 1.165) is 6.08 Å². The van der Waals surface area contributed by atoms with E-state index in [1.54, 1.807) is 30.3 Å². The molecule has 14 heteroatoms. The van der Waals surface area contributed by atoms with Gasteiger partial charge in [0.05, 0.1) is 20.3 Å². The molecule has 0 radical (unpaired) electrons. The fourth-order valence-corrected chi connectivity index (χ4v) is 5.32. The highest BCUT2D eigenvalue weighted by Crippen LogP contribution is 2.30. The molecule has 1 saturated heterocycles. The van der Waals surface area contributed by atoms with Gasteiger partial charge >= 0.3 is 5.97 Å². The van der Waals surface area contributed by atoms with Crippen molar-refractivity contribution in [3.8, 4) is 34.5 Å². The van der Waals surface area contributed by atoms with E-state index in [1.807, 2.05) is 0 Å². The molecule has 7 N–H and O–H groups in total. The molecular weight excluding hydrogens is 656 g/mol. The molecule has 0 amide bonds. The number of phenolic OH excluding ortho intramolecular Hbond substituents is 4. The van der Waals surface area contributed by atoms with E-state index in [4.69, 9.17) is 23.7 Å². The van der Waals surface area contributed by atoms with Crippen molar-refractivity contribution >= 4 is 17.8 Å². The number of aliphatic hydroxyl groups excluding tert-OH is 3. The van der Waals surface area contributed by atoms with Gasteiger partial charge in [-0.2, -0.15) is 0 Å². The van der Waals surface area contributed by atoms with E-state index in [9.17, 15) is 45.3 Å². The van der Waals surface area contributed by atoms with Crippen LogP contribution in [-0.2, 0) is 36.6 Å². The topological polar surface area (TPSA) is 222 Å². The summed E-state index contributed by atoms with van der Waals surface area (Å²) in [5.74, 6) is -1.28. The number of aryl methyl sites for hydroxylation is 2. The van der Waals surface area contributed by atoms with Crippen LogP contribution in [0.4, 0.5) is 0 Å². The van der Waals surface area contributed by atoms with Crippen LogP contribution in [-0.4, -0.2) is 105 Å². The second kappa shape index (κ2) is 17.7. The number of aliphatic hydroxyl groups is 3. The summed E-state index contributed by atoms with van der Waals surface area (Å²) in [5, 5.41) is 70.8. The highest BCUT2D eigenvalue weighted by molar-refractivity contribution is 5.87. The predicted molar refractivity (Wildman–Crippen MR) is 177 cm³/mol. The van der Waals surface area contributed by atoms with Crippen molar-refractivity contribution < 1.29 is 69.0 Å². The number of aromatic hydroxyl groups is 4. The Kier molecular flexibility index (Phi) is 13.4. The predicted octanol–water partition coefficient (Wildman–Crippen LogP) is 2.50. The number of carbonyl (C=O) groups is 2. The fraction of sp³-hybridized carbons (Fsp3) is 0.389. The number of rotatable bonds is 16. The number of methoxy groups -OCH3 is 2. The zero-order chi connectivity index (χ0) is 36.4. The number of hydrogen-bond donors (Lipinski definition) is 7. The maximum Gasteiger partial charge on any atom is 0.330 e. The third-order valence-electron chi connectivity index (χ3n) is 8.19. The number of Topliss-reactive ketones (excluding diaryl/α,β-unsaturated/α-hetero) is 1. The molecule has 0 unspecified atom stereocenters. The standard InChI is InChI=1S/C36H42O14/c1-46-29-13-7-22(17-30(29)47-2)8-14-32(42)48-19-31-33(43)34(44)35(45)36(50-31)49-24(10-4-21-6-12-26(39)28(41)16-21)18-23(37)9-3-20-5-11-25(38)27(40)15-20/h5-8,11-17,24,31,33-36,38-41,43-45H,3-4,9-10,18-19H2,1-2H3/b14-8+/t24-,31+,33+,34-,35+,36+/m0/s1. The van der Waals surface area contributed by atoms with Gasteiger partial charge in [-0.05, 0) is 78.4 Å². The third-order valence-corrected chi connectivity index (χ3v) is 8.19. The van der Waals surface area contributed by atoms with Crippen LogP contribution < -0.4 is 9.47 Å². The lowest BCUT2D eigenvalue weighted by Gasteiger charge is -2.41. The minimum Gasteiger partial charge on any atom is -0.504 e. The molecule has 1 fully saturated rings. The van der Waals surface area contributed by atoms with Crippen molar-refractivity contribution in [2.75, 3.05) is 20.8 Å². The molecule has 0 aromatic heterocycles. The third kappa shape index (κ3) is 10.3. The van der Waals surface area contributed by atoms with Gasteiger partial charge in [0.25, 0.3) is 0 Å². The molecule has 1 aliphatic rings. The van der Waals surface area contributed by atoms with Crippen LogP contribution in [0.25, 0.3) is 6.08 Å². The van der Waals surface area contributed by atoms with Crippen molar-refractivity contribution in [3.63, 3.8) is 0 Å². The molecule has 3 aromatic rings. The van der Waals surface area contributed by atoms with Crippen molar-refractivity contribution in [1.82, 2.24) is 0 Å². The Morgan fingerprint density at radius 2 is 1.42 bits per heavy atom. The van der Waals surface area contributed by atoms with Crippen LogP contribution >= 0.6 is 0 Å². The second-order valence-electron chi connectivity index (χ2n) is 11.8. The van der Waals surface area contributed by atoms with E-state index in [0.29, 0.717) is 28.2 Å². The number of benzene rings is 3. The highest BCUT2D eigenvalue weighted by Gasteiger charge is 2.45. The van der Waals surface area contributed by atoms with Crippen LogP contribution in [0, 0.1) is 0 Å². The number of hydrogen-bond acceptors (Lipinski definition) is 14. The maximum absolute atomic E-state index is 13.1. The van der Waals surface area contributed by atoms with Gasteiger partial charge in [0.15, 0.2) is 40.8 Å². The van der Waals surface area contributed by atoms with Crippen LogP contribution in [0.15, 0.2) is 60.7 Å². The zero-order valence-corrected chi connectivity index (χ0v) is 27.5. The van der Waals surface area contributed by atoms with Gasteiger partial charge < -0.3 is 59.4 Å². The van der Waals surface area contributed by atoms with E-state index in [-0.39, 0.29) is 60.9 Å². The van der Waals surface area contributed by atoms with E-state index >= 15 is 0 Å². The van der Waals surface area contributed by atoms with Crippen LogP contribution in [0.2, 0.25) is 0 Å². The number of ketones is 1. The average molecular weight is 699 g/mol. The van der Waals surface area contributed by atoms with Crippen LogP contribution in [0.3, 0.4) is 0 Å². The first-order chi connectivity index (χ1) is 23.9. The molecule has 1 aliphatic heterocycles. The monoisotopic (exact) mass is 698 g/mol. The van der Waals surface area contributed by atoms with E-state index in [1.165, 1.54) is 44.6 Å². The summed E-state index contributed by atoms with van der Waals surface area (Å²) in [5.41, 5.74) is 1.85. The molecule has 0 aliphatic carbocycles. The van der Waals surface area contributed by atoms with Crippen molar-refractivity contribution in [2.24, 2.45) is 0 Å². The van der Waals surface area contributed by atoms with E-state index in [2.05, 4.69) is 0 Å². The van der Waals surface area contributed by atoms with Gasteiger partial charge in [-0.15, -0.1) is 0 Å². The maximum atomic E-state index is 13.1. The first kappa shape index (κ1) is 38.0. The average Bonchev–Trinajstić information content (AvgIpc) is 3.11. The van der Waals surface area contributed by atoms with Gasteiger partial charge in [0, 0.05) is 18.9 Å². The van der Waals surface area contributed by atoms with Gasteiger partial charge in [-0.25, -0.2) is 4.79 Å². The van der Waals surface area contributed by atoms with Crippen molar-refractivity contribution in [1.29, 1.82) is 0 Å². The molecule has 0 spiro atoms. The quantitative estimate of drug-likeness (QED) is 0.0649. The molecule has 1 heterocycles. The Bertz CT molecular complexity index is 1640. The Balaban J connectivity index is 1.41. The number of phenols is 4. The van der Waals surface area contributed by atoms with Gasteiger partial charge in [0.2, 0.25) is 0 Å². The lowest BCUT2D eigenvalue weighted by Crippen LogP contribution is -2.60. The Hall–Kier alpha value is -4.86. The fourth-order valence-electron chi connectivity index (χ4n) is 5.32. The van der Waals surface area contributed by atoms with Gasteiger partial charge in [-0.1, -0.05) is 18.2 Å².